The zero-order chi connectivity index (χ0) is 8.27. The lowest BCUT2D eigenvalue weighted by Crippen LogP contribution is -2.14. The van der Waals surface area contributed by atoms with E-state index in [1.807, 2.05) is 6.08 Å². The number of nitrogens with zero attached hydrogens (tertiary/aromatic N) is 1. The van der Waals surface area contributed by atoms with E-state index in [4.69, 9.17) is 5.11 Å². The highest BCUT2D eigenvalue weighted by atomic mass is 16.2. The Bertz CT molecular complexity index is 194. The highest BCUT2D eigenvalue weighted by molar-refractivity contribution is 5.30. The normalized spacial score (nSPS) is 20.6. The third-order valence-electron chi connectivity index (χ3n) is 1.92. The van der Waals surface area contributed by atoms with Crippen molar-refractivity contribution in [2.45, 2.75) is 6.92 Å². The minimum Gasteiger partial charge on any atom is -0.392 e. The third kappa shape index (κ3) is 2.17. The Morgan fingerprint density at radius 3 is 2.73 bits per heavy atom. The van der Waals surface area contributed by atoms with Crippen molar-refractivity contribution in [2.24, 2.45) is 0 Å². The summed E-state index contributed by atoms with van der Waals surface area (Å²) in [6, 6.07) is 0. The number of hydrogen-bond donors (Lipinski definition) is 1. The van der Waals surface area contributed by atoms with E-state index in [9.17, 15) is 0 Å². The van der Waals surface area contributed by atoms with Crippen molar-refractivity contribution in [1.29, 1.82) is 0 Å². The fraction of sp³-hybridized carbons (Fsp3) is 0.556. The number of likely N-dealkylation sites (N-methyl/N-ethyl adjacent to an activating group) is 1. The van der Waals surface area contributed by atoms with Gasteiger partial charge in [-0.15, -0.1) is 0 Å². The van der Waals surface area contributed by atoms with Crippen LogP contribution in [-0.4, -0.2) is 36.8 Å². The average molecular weight is 153 g/mol. The molecule has 0 aliphatic carbocycles. The lowest BCUT2D eigenvalue weighted by molar-refractivity contribution is 0.342. The van der Waals surface area contributed by atoms with Crippen LogP contribution in [0.2, 0.25) is 0 Å². The molecule has 0 radical (unpaired) electrons. The molecule has 0 aromatic carbocycles. The second-order valence-corrected chi connectivity index (χ2v) is 3.06. The van der Waals surface area contributed by atoms with Gasteiger partial charge in [-0.2, -0.15) is 0 Å². The predicted molar refractivity (Wildman–Crippen MR) is 46.4 cm³/mol. The van der Waals surface area contributed by atoms with Gasteiger partial charge in [0.2, 0.25) is 0 Å². The second kappa shape index (κ2) is 3.69. The van der Waals surface area contributed by atoms with Crippen LogP contribution in [0.1, 0.15) is 6.92 Å². The van der Waals surface area contributed by atoms with Crippen LogP contribution in [0.4, 0.5) is 0 Å². The first kappa shape index (κ1) is 8.50. The van der Waals surface area contributed by atoms with Crippen LogP contribution in [-0.2, 0) is 0 Å². The molecule has 1 heterocycles. The second-order valence-electron chi connectivity index (χ2n) is 3.06. The van der Waals surface area contributed by atoms with Crippen molar-refractivity contribution in [1.82, 2.24) is 4.90 Å². The molecular weight excluding hydrogens is 138 g/mol. The molecule has 0 saturated heterocycles. The lowest BCUT2D eigenvalue weighted by atomic mass is 10.2. The summed E-state index contributed by atoms with van der Waals surface area (Å²) in [5.41, 5.74) is 2.76. The Kier molecular flexibility index (Phi) is 2.85. The van der Waals surface area contributed by atoms with Crippen LogP contribution in [0.15, 0.2) is 23.3 Å². The van der Waals surface area contributed by atoms with E-state index < -0.39 is 0 Å². The monoisotopic (exact) mass is 153 g/mol. The Morgan fingerprint density at radius 1 is 1.55 bits per heavy atom. The molecule has 2 nitrogen and oxygen atoms in total. The zero-order valence-corrected chi connectivity index (χ0v) is 7.17. The van der Waals surface area contributed by atoms with Crippen molar-refractivity contribution in [3.63, 3.8) is 0 Å². The van der Waals surface area contributed by atoms with Gasteiger partial charge < -0.3 is 5.11 Å². The van der Waals surface area contributed by atoms with Crippen LogP contribution in [0, 0.1) is 0 Å². The van der Waals surface area contributed by atoms with Crippen LogP contribution in [0.3, 0.4) is 0 Å². The van der Waals surface area contributed by atoms with E-state index in [1.54, 1.807) is 6.08 Å². The molecule has 0 saturated carbocycles. The molecule has 0 aromatic heterocycles. The van der Waals surface area contributed by atoms with Gasteiger partial charge in [0.25, 0.3) is 0 Å². The van der Waals surface area contributed by atoms with Crippen LogP contribution in [0.25, 0.3) is 0 Å². The largest absolute Gasteiger partial charge is 0.392 e. The van der Waals surface area contributed by atoms with Gasteiger partial charge in [-0.3, -0.25) is 4.90 Å². The van der Waals surface area contributed by atoms with Crippen LogP contribution in [0.5, 0.6) is 0 Å². The summed E-state index contributed by atoms with van der Waals surface area (Å²) in [7, 11) is 2.10. The van der Waals surface area contributed by atoms with Gasteiger partial charge in [0.15, 0.2) is 0 Å². The van der Waals surface area contributed by atoms with Crippen molar-refractivity contribution >= 4 is 0 Å². The molecule has 1 N–H and O–H groups in total. The molecule has 11 heavy (non-hydrogen) atoms. The first-order valence-electron chi connectivity index (χ1n) is 3.88. The molecule has 1 rings (SSSR count). The van der Waals surface area contributed by atoms with Gasteiger partial charge >= 0.3 is 0 Å². The van der Waals surface area contributed by atoms with Crippen molar-refractivity contribution in [2.75, 3.05) is 26.7 Å². The number of rotatable bonds is 2. The number of hydrogen-bond acceptors (Lipinski definition) is 2. The summed E-state index contributed by atoms with van der Waals surface area (Å²) in [6.45, 7) is 4.36. The van der Waals surface area contributed by atoms with Crippen molar-refractivity contribution < 1.29 is 5.11 Å². The molecule has 0 unspecified atom stereocenters. The fourth-order valence-electron chi connectivity index (χ4n) is 1.38. The number of aliphatic hydroxyl groups is 1. The summed E-state index contributed by atoms with van der Waals surface area (Å²) >= 11 is 0. The summed E-state index contributed by atoms with van der Waals surface area (Å²) < 4.78 is 0. The fourth-order valence-corrected chi connectivity index (χ4v) is 1.38. The smallest absolute Gasteiger partial charge is 0.0615 e. The minimum absolute atomic E-state index is 0.139. The van der Waals surface area contributed by atoms with Gasteiger partial charge in [-0.25, -0.2) is 0 Å². The molecule has 0 atom stereocenters. The Balaban J connectivity index is 2.57. The number of aliphatic hydroxyl groups excluding tert-OH is 1. The highest BCUT2D eigenvalue weighted by Gasteiger charge is 2.12. The maximum Gasteiger partial charge on any atom is 0.0615 e. The first-order chi connectivity index (χ1) is 5.24. The molecule has 0 spiro atoms. The summed E-state index contributed by atoms with van der Waals surface area (Å²) in [6.07, 6.45) is 3.80. The van der Waals surface area contributed by atoms with Gasteiger partial charge in [0, 0.05) is 13.1 Å². The molecule has 0 fully saturated rings. The van der Waals surface area contributed by atoms with Gasteiger partial charge in [-0.1, -0.05) is 17.7 Å². The molecular formula is C9H15NO. The predicted octanol–water partition coefficient (Wildman–Crippen LogP) is 0.797. The maximum absolute atomic E-state index is 8.56. The zero-order valence-electron chi connectivity index (χ0n) is 7.17. The van der Waals surface area contributed by atoms with Crippen LogP contribution < -0.4 is 0 Å². The van der Waals surface area contributed by atoms with E-state index in [0.717, 1.165) is 13.1 Å². The SMILES string of the molecule is CC1=C(/C=C\CO)CN(C)C1. The first-order valence-corrected chi connectivity index (χ1v) is 3.88. The van der Waals surface area contributed by atoms with Gasteiger partial charge in [-0.05, 0) is 19.5 Å². The summed E-state index contributed by atoms with van der Waals surface area (Å²) in [4.78, 5) is 2.26. The summed E-state index contributed by atoms with van der Waals surface area (Å²) in [5, 5.41) is 8.56. The molecule has 1 aliphatic heterocycles. The van der Waals surface area contributed by atoms with Gasteiger partial charge in [0.05, 0.1) is 6.61 Å². The van der Waals surface area contributed by atoms with Crippen molar-refractivity contribution in [3.05, 3.63) is 23.3 Å². The molecule has 0 aromatic rings. The molecule has 0 amide bonds. The molecule has 1 aliphatic rings. The quantitative estimate of drug-likeness (QED) is 0.634. The average Bonchev–Trinajstić information content (AvgIpc) is 2.26. The van der Waals surface area contributed by atoms with E-state index in [1.165, 1.54) is 11.1 Å². The highest BCUT2D eigenvalue weighted by Crippen LogP contribution is 2.15. The van der Waals surface area contributed by atoms with E-state index >= 15 is 0 Å². The van der Waals surface area contributed by atoms with E-state index in [-0.39, 0.29) is 6.61 Å². The Labute approximate surface area is 67.8 Å². The van der Waals surface area contributed by atoms with Gasteiger partial charge in [0.1, 0.15) is 0 Å². The third-order valence-corrected chi connectivity index (χ3v) is 1.92. The Morgan fingerprint density at radius 2 is 2.27 bits per heavy atom. The minimum atomic E-state index is 0.139. The molecule has 62 valence electrons. The standard InChI is InChI=1S/C9H15NO/c1-8-6-10(2)7-9(8)4-3-5-11/h3-4,11H,5-7H2,1-2H3/b4-3-. The van der Waals surface area contributed by atoms with Crippen molar-refractivity contribution in [3.8, 4) is 0 Å². The Hall–Kier alpha value is -0.600. The summed E-state index contributed by atoms with van der Waals surface area (Å²) in [5.74, 6) is 0. The maximum atomic E-state index is 8.56. The van der Waals surface area contributed by atoms with E-state index in [2.05, 4.69) is 18.9 Å². The molecule has 0 bridgehead atoms. The van der Waals surface area contributed by atoms with Crippen LogP contribution >= 0.6 is 0 Å². The van der Waals surface area contributed by atoms with E-state index in [0.29, 0.717) is 0 Å². The lowest BCUT2D eigenvalue weighted by Gasteiger charge is -2.04. The molecule has 2 heteroatoms. The topological polar surface area (TPSA) is 23.5 Å².